The van der Waals surface area contributed by atoms with Gasteiger partial charge in [-0.25, -0.2) is 23.5 Å². The predicted octanol–water partition coefficient (Wildman–Crippen LogP) is 6.44. The van der Waals surface area contributed by atoms with Crippen LogP contribution in [-0.4, -0.2) is 40.8 Å². The third-order valence-corrected chi connectivity index (χ3v) is 6.79. The summed E-state index contributed by atoms with van der Waals surface area (Å²) in [6.45, 7) is -3.42. The number of imidazole rings is 1. The smallest absolute Gasteiger partial charge is 0.345 e. The first kappa shape index (κ1) is 30.2. The Hall–Kier alpha value is -5.28. The summed E-state index contributed by atoms with van der Waals surface area (Å²) in [7, 11) is 1.25. The Morgan fingerprint density at radius 1 is 0.977 bits per heavy atom. The number of hydrogen-bond donors (Lipinski definition) is 0. The van der Waals surface area contributed by atoms with Crippen molar-refractivity contribution in [3.63, 3.8) is 0 Å². The van der Waals surface area contributed by atoms with Crippen LogP contribution in [0.1, 0.15) is 32.9 Å². The number of fused-ring (bicyclic) bond motifs is 1. The van der Waals surface area contributed by atoms with Crippen LogP contribution in [0.3, 0.4) is 0 Å². The molecule has 5 rings (SSSR count). The molecule has 3 aromatic carbocycles. The van der Waals surface area contributed by atoms with Gasteiger partial charge >= 0.3 is 12.6 Å². The van der Waals surface area contributed by atoms with Crippen LogP contribution < -0.4 is 4.74 Å². The zero-order valence-corrected chi connectivity index (χ0v) is 23.3. The van der Waals surface area contributed by atoms with E-state index in [0.717, 1.165) is 6.07 Å². The van der Waals surface area contributed by atoms with Crippen molar-refractivity contribution in [2.24, 2.45) is 0 Å². The highest BCUT2D eigenvalue weighted by Crippen LogP contribution is 2.26. The zero-order chi connectivity index (χ0) is 31.2. The molecule has 0 radical (unpaired) electrons. The van der Waals surface area contributed by atoms with Crippen LogP contribution in [0.5, 0.6) is 5.88 Å². The maximum atomic E-state index is 15.4. The monoisotopic (exact) mass is 604 g/mol. The summed E-state index contributed by atoms with van der Waals surface area (Å²) in [5.41, 5.74) is 2.84. The van der Waals surface area contributed by atoms with E-state index in [-0.39, 0.29) is 54.3 Å². The van der Waals surface area contributed by atoms with E-state index >= 15 is 4.39 Å². The maximum Gasteiger partial charge on any atom is 0.345 e. The maximum absolute atomic E-state index is 15.4. The van der Waals surface area contributed by atoms with E-state index in [1.807, 2.05) is 6.07 Å². The zero-order valence-electron chi connectivity index (χ0n) is 23.3. The molecule has 0 saturated heterocycles. The number of nitriles is 1. The Morgan fingerprint density at radius 3 is 2.50 bits per heavy atom. The predicted molar refractivity (Wildman–Crippen MR) is 151 cm³/mol. The third-order valence-electron chi connectivity index (χ3n) is 6.79. The molecule has 224 valence electrons. The largest absolute Gasteiger partial charge is 0.473 e. The summed E-state index contributed by atoms with van der Waals surface area (Å²) < 4.78 is 71.4. The number of esters is 1. The van der Waals surface area contributed by atoms with Crippen LogP contribution in [0.25, 0.3) is 22.3 Å². The number of carbonyl (C=O) groups excluding carboxylic acids is 1. The molecule has 2 aromatic heterocycles. The molecule has 44 heavy (non-hydrogen) atoms. The number of ether oxygens (including phenoxy) is 3. The topological polar surface area (TPSA) is 99.3 Å². The molecule has 0 atom stereocenters. The number of carbonyl (C=O) groups is 1. The molecule has 0 fully saturated rings. The number of halogens is 4. The normalized spacial score (nSPS) is 11.1. The molecule has 0 aliphatic rings. The molecule has 0 spiro atoms. The summed E-state index contributed by atoms with van der Waals surface area (Å²) >= 11 is 0. The highest BCUT2D eigenvalue weighted by Gasteiger charge is 2.17. The van der Waals surface area contributed by atoms with E-state index in [4.69, 9.17) is 14.7 Å². The Balaban J connectivity index is 1.37. The standard InChI is InChI=1S/C32H24F4N4O4/c1-42-31(41)22-9-10-27-28(15-22)40(11-12-43-32(35)36)29(38-27)16-20-7-8-21(14-25(20)34)26-3-2-4-30(39-26)44-18-23-6-5-19(17-37)13-24(23)33/h2-10,13-15,32H,11-12,16,18H2,1H3. The molecule has 0 unspecified atom stereocenters. The molecule has 0 aliphatic heterocycles. The summed E-state index contributed by atoms with van der Waals surface area (Å²) in [4.78, 5) is 21.0. The first-order valence-corrected chi connectivity index (χ1v) is 13.3. The van der Waals surface area contributed by atoms with Gasteiger partial charge < -0.3 is 18.8 Å². The van der Waals surface area contributed by atoms with Crippen molar-refractivity contribution in [1.82, 2.24) is 14.5 Å². The van der Waals surface area contributed by atoms with Gasteiger partial charge in [0.25, 0.3) is 0 Å². The van der Waals surface area contributed by atoms with Crippen LogP contribution in [0.2, 0.25) is 0 Å². The van der Waals surface area contributed by atoms with Crippen molar-refractivity contribution in [1.29, 1.82) is 5.26 Å². The fourth-order valence-electron chi connectivity index (χ4n) is 4.60. The number of hydrogen-bond acceptors (Lipinski definition) is 7. The average Bonchev–Trinajstić information content (AvgIpc) is 3.36. The number of pyridine rings is 1. The Kier molecular flexibility index (Phi) is 9.16. The molecule has 12 heteroatoms. The van der Waals surface area contributed by atoms with Crippen molar-refractivity contribution in [3.05, 3.63) is 113 Å². The van der Waals surface area contributed by atoms with Gasteiger partial charge in [-0.2, -0.15) is 14.0 Å². The third kappa shape index (κ3) is 6.85. The van der Waals surface area contributed by atoms with Gasteiger partial charge in [0.05, 0.1) is 47.6 Å². The molecular weight excluding hydrogens is 580 g/mol. The highest BCUT2D eigenvalue weighted by molar-refractivity contribution is 5.93. The number of aromatic nitrogens is 3. The first-order valence-electron chi connectivity index (χ1n) is 13.3. The lowest BCUT2D eigenvalue weighted by atomic mass is 10.1. The summed E-state index contributed by atoms with van der Waals surface area (Å²) in [5.74, 6) is -1.11. The lowest BCUT2D eigenvalue weighted by molar-refractivity contribution is -0.130. The number of methoxy groups -OCH3 is 1. The van der Waals surface area contributed by atoms with Crippen molar-refractivity contribution in [2.45, 2.75) is 26.2 Å². The fraction of sp³-hybridized carbons (Fsp3) is 0.188. The van der Waals surface area contributed by atoms with Crippen LogP contribution in [0.15, 0.2) is 72.8 Å². The van der Waals surface area contributed by atoms with Crippen molar-refractivity contribution >= 4 is 17.0 Å². The van der Waals surface area contributed by atoms with Crippen LogP contribution in [0, 0.1) is 23.0 Å². The summed E-state index contributed by atoms with van der Waals surface area (Å²) in [6, 6.07) is 20.1. The number of benzene rings is 3. The van der Waals surface area contributed by atoms with Crippen LogP contribution in [-0.2, 0) is 29.0 Å². The molecule has 0 N–H and O–H groups in total. The number of alkyl halides is 2. The second-order valence-corrected chi connectivity index (χ2v) is 9.56. The van der Waals surface area contributed by atoms with Gasteiger partial charge in [0.2, 0.25) is 5.88 Å². The second-order valence-electron chi connectivity index (χ2n) is 9.56. The van der Waals surface area contributed by atoms with Gasteiger partial charge in [-0.1, -0.05) is 24.3 Å². The van der Waals surface area contributed by atoms with Crippen molar-refractivity contribution in [3.8, 4) is 23.2 Å². The SMILES string of the molecule is COC(=O)c1ccc2nc(Cc3ccc(-c4cccc(OCc5ccc(C#N)cc5F)n4)cc3F)n(CCOC(F)F)c2c1. The van der Waals surface area contributed by atoms with Crippen molar-refractivity contribution in [2.75, 3.05) is 13.7 Å². The average molecular weight is 605 g/mol. The summed E-state index contributed by atoms with van der Waals surface area (Å²) in [6.07, 6.45) is 0.0236. The van der Waals surface area contributed by atoms with E-state index in [9.17, 15) is 18.0 Å². The quantitative estimate of drug-likeness (QED) is 0.126. The number of nitrogens with zero attached hydrogens (tertiary/aromatic N) is 4. The molecule has 0 amide bonds. The molecule has 0 bridgehead atoms. The molecule has 0 aliphatic carbocycles. The van der Waals surface area contributed by atoms with E-state index in [2.05, 4.69) is 14.7 Å². The van der Waals surface area contributed by atoms with Gasteiger partial charge in [-0.3, -0.25) is 0 Å². The Bertz CT molecular complexity index is 1870. The lowest BCUT2D eigenvalue weighted by Gasteiger charge is -2.12. The van der Waals surface area contributed by atoms with Crippen LogP contribution in [0.4, 0.5) is 17.6 Å². The van der Waals surface area contributed by atoms with E-state index < -0.39 is 24.2 Å². The molecule has 2 heterocycles. The molecular formula is C32H24F4N4O4. The van der Waals surface area contributed by atoms with E-state index in [1.165, 1.54) is 37.4 Å². The minimum Gasteiger partial charge on any atom is -0.473 e. The summed E-state index contributed by atoms with van der Waals surface area (Å²) in [5, 5.41) is 8.90. The molecule has 8 nitrogen and oxygen atoms in total. The van der Waals surface area contributed by atoms with E-state index in [0.29, 0.717) is 28.1 Å². The second kappa shape index (κ2) is 13.4. The first-order chi connectivity index (χ1) is 21.2. The molecule has 5 aromatic rings. The molecule has 0 saturated carbocycles. The fourth-order valence-corrected chi connectivity index (χ4v) is 4.60. The van der Waals surface area contributed by atoms with Gasteiger partial charge in [-0.05, 0) is 48.0 Å². The number of rotatable bonds is 11. The Labute approximate surface area is 249 Å². The van der Waals surface area contributed by atoms with Crippen LogP contribution >= 0.6 is 0 Å². The highest BCUT2D eigenvalue weighted by atomic mass is 19.3. The minimum absolute atomic E-state index is 0.0103. The minimum atomic E-state index is -2.96. The Morgan fingerprint density at radius 2 is 1.77 bits per heavy atom. The van der Waals surface area contributed by atoms with Gasteiger partial charge in [0.1, 0.15) is 24.1 Å². The van der Waals surface area contributed by atoms with Gasteiger partial charge in [0, 0.05) is 30.2 Å². The lowest BCUT2D eigenvalue weighted by Crippen LogP contribution is -2.12. The van der Waals surface area contributed by atoms with Gasteiger partial charge in [0.15, 0.2) is 0 Å². The van der Waals surface area contributed by atoms with Crippen molar-refractivity contribution < 1.29 is 36.6 Å². The van der Waals surface area contributed by atoms with E-state index in [1.54, 1.807) is 41.0 Å². The van der Waals surface area contributed by atoms with Gasteiger partial charge in [-0.15, -0.1) is 0 Å².